The summed E-state index contributed by atoms with van der Waals surface area (Å²) < 4.78 is 23.1. The maximum atomic E-state index is 12.6. The first-order chi connectivity index (χ1) is 11.6. The van der Waals surface area contributed by atoms with Gasteiger partial charge in [-0.05, 0) is 56.0 Å². The van der Waals surface area contributed by atoms with Crippen LogP contribution in [0.1, 0.15) is 24.0 Å². The smallest absolute Gasteiger partial charge is 0.245 e. The van der Waals surface area contributed by atoms with Gasteiger partial charge in [0.1, 0.15) is 0 Å². The molecule has 25 heavy (non-hydrogen) atoms. The Morgan fingerprint density at radius 2 is 2.00 bits per heavy atom. The van der Waals surface area contributed by atoms with Gasteiger partial charge >= 0.3 is 0 Å². The minimum atomic E-state index is -3.81. The highest BCUT2D eigenvalue weighted by Gasteiger charge is 2.28. The molecule has 2 amide bonds. The molecule has 1 atom stereocenters. The van der Waals surface area contributed by atoms with Gasteiger partial charge < -0.3 is 10.2 Å². The van der Waals surface area contributed by atoms with Crippen molar-refractivity contribution in [3.05, 3.63) is 35.9 Å². The van der Waals surface area contributed by atoms with Crippen LogP contribution in [0.15, 0.2) is 29.7 Å². The molecule has 136 valence electrons. The molecule has 8 heteroatoms. The normalized spacial score (nSPS) is 17.9. The lowest BCUT2D eigenvalue weighted by Crippen LogP contribution is -2.43. The van der Waals surface area contributed by atoms with E-state index in [-0.39, 0.29) is 22.6 Å². The van der Waals surface area contributed by atoms with Gasteiger partial charge in [-0.25, -0.2) is 13.6 Å². The Bertz CT molecular complexity index is 817. The van der Waals surface area contributed by atoms with Gasteiger partial charge in [0.2, 0.25) is 21.8 Å². The van der Waals surface area contributed by atoms with E-state index in [0.29, 0.717) is 36.3 Å². The fourth-order valence-corrected chi connectivity index (χ4v) is 3.83. The number of hydrogen-bond acceptors (Lipinski definition) is 4. The second-order valence-corrected chi connectivity index (χ2v) is 7.82. The number of nitrogens with zero attached hydrogens (tertiary/aromatic N) is 1. The third kappa shape index (κ3) is 4.46. The molecule has 0 radical (unpaired) electrons. The summed E-state index contributed by atoms with van der Waals surface area (Å²) in [4.78, 5) is 25.9. The molecule has 1 aromatic rings. The summed E-state index contributed by atoms with van der Waals surface area (Å²) in [5.74, 6) is -0.676. The molecule has 0 aromatic heterocycles. The van der Waals surface area contributed by atoms with Crippen molar-refractivity contribution in [3.63, 3.8) is 0 Å². The second kappa shape index (κ2) is 7.37. The minimum absolute atomic E-state index is 0.0448. The van der Waals surface area contributed by atoms with Gasteiger partial charge in [0.25, 0.3) is 0 Å². The summed E-state index contributed by atoms with van der Waals surface area (Å²) in [5.41, 5.74) is 1.62. The number of likely N-dealkylation sites (tertiary alicyclic amines) is 1. The topological polar surface area (TPSA) is 110 Å². The third-order valence-corrected chi connectivity index (χ3v) is 5.42. The summed E-state index contributed by atoms with van der Waals surface area (Å²) in [6, 6.07) is 3.05. The van der Waals surface area contributed by atoms with Crippen molar-refractivity contribution < 1.29 is 18.0 Å². The molecule has 1 heterocycles. The number of anilines is 1. The first-order valence-corrected chi connectivity index (χ1v) is 9.54. The Kier molecular flexibility index (Phi) is 5.64. The Balaban J connectivity index is 2.16. The molecule has 3 N–H and O–H groups in total. The highest BCUT2D eigenvalue weighted by molar-refractivity contribution is 7.89. The van der Waals surface area contributed by atoms with Crippen LogP contribution < -0.4 is 10.5 Å². The van der Waals surface area contributed by atoms with Crippen LogP contribution in [0.25, 0.3) is 0 Å². The number of amides is 2. The molecule has 1 aliphatic heterocycles. The van der Waals surface area contributed by atoms with Gasteiger partial charge in [-0.1, -0.05) is 6.58 Å². The van der Waals surface area contributed by atoms with Crippen LogP contribution in [0.4, 0.5) is 5.69 Å². The van der Waals surface area contributed by atoms with Crippen molar-refractivity contribution in [1.82, 2.24) is 4.90 Å². The van der Waals surface area contributed by atoms with Crippen molar-refractivity contribution >= 4 is 27.5 Å². The number of benzene rings is 1. The van der Waals surface area contributed by atoms with Gasteiger partial charge in [-0.15, -0.1) is 0 Å². The Morgan fingerprint density at radius 1 is 1.32 bits per heavy atom. The molecule has 0 saturated carbocycles. The third-order valence-electron chi connectivity index (χ3n) is 4.36. The van der Waals surface area contributed by atoms with E-state index in [0.717, 1.165) is 6.42 Å². The Morgan fingerprint density at radius 3 is 2.60 bits per heavy atom. The van der Waals surface area contributed by atoms with E-state index < -0.39 is 10.0 Å². The van der Waals surface area contributed by atoms with E-state index in [1.807, 2.05) is 0 Å². The molecule has 1 unspecified atom stereocenters. The Hall–Kier alpha value is -2.19. The largest absolute Gasteiger partial charge is 0.338 e. The standard InChI is InChI=1S/C17H23N3O4S/c1-4-16(21)20-7-5-6-13(10-20)17(22)19-14-8-12(3)15(9-11(14)2)25(18,23)24/h4,8-9,13H,1,5-7,10H2,2-3H3,(H,19,22)(H2,18,23,24). The highest BCUT2D eigenvalue weighted by Crippen LogP contribution is 2.25. The first-order valence-electron chi connectivity index (χ1n) is 7.99. The number of aryl methyl sites for hydroxylation is 2. The second-order valence-electron chi connectivity index (χ2n) is 6.29. The average Bonchev–Trinajstić information content (AvgIpc) is 2.56. The fourth-order valence-electron chi connectivity index (χ4n) is 2.99. The number of rotatable bonds is 4. The number of nitrogens with one attached hydrogen (secondary N) is 1. The van der Waals surface area contributed by atoms with Crippen LogP contribution in [-0.4, -0.2) is 38.2 Å². The van der Waals surface area contributed by atoms with Gasteiger partial charge in [-0.2, -0.15) is 0 Å². The molecule has 1 aromatic carbocycles. The summed E-state index contributed by atoms with van der Waals surface area (Å²) in [6.45, 7) is 7.78. The van der Waals surface area contributed by atoms with Crippen LogP contribution in [0.3, 0.4) is 0 Å². The molecular formula is C17H23N3O4S. The number of carbonyl (C=O) groups excluding carboxylic acids is 2. The summed E-state index contributed by atoms with van der Waals surface area (Å²) in [6.07, 6.45) is 2.69. The molecule has 0 spiro atoms. The van der Waals surface area contributed by atoms with Crippen LogP contribution in [0, 0.1) is 19.8 Å². The average molecular weight is 365 g/mol. The van der Waals surface area contributed by atoms with Gasteiger partial charge in [0, 0.05) is 18.8 Å². The zero-order valence-corrected chi connectivity index (χ0v) is 15.2. The molecule has 0 aliphatic carbocycles. The number of nitrogens with two attached hydrogens (primary N) is 1. The lowest BCUT2D eigenvalue weighted by Gasteiger charge is -2.31. The monoisotopic (exact) mass is 365 g/mol. The van der Waals surface area contributed by atoms with Crippen LogP contribution in [0.5, 0.6) is 0 Å². The maximum Gasteiger partial charge on any atom is 0.245 e. The van der Waals surface area contributed by atoms with Crippen LogP contribution >= 0.6 is 0 Å². The SMILES string of the molecule is C=CC(=O)N1CCCC(C(=O)Nc2cc(C)c(S(N)(=O)=O)cc2C)C1. The maximum absolute atomic E-state index is 12.6. The minimum Gasteiger partial charge on any atom is -0.338 e. The number of primary sulfonamides is 1. The highest BCUT2D eigenvalue weighted by atomic mass is 32.2. The predicted octanol–water partition coefficient (Wildman–Crippen LogP) is 1.31. The van der Waals surface area contributed by atoms with Crippen LogP contribution in [-0.2, 0) is 19.6 Å². The number of hydrogen-bond donors (Lipinski definition) is 2. The summed E-state index contributed by atoms with van der Waals surface area (Å²) in [7, 11) is -3.81. The molecule has 1 aliphatic rings. The number of carbonyl (C=O) groups is 2. The quantitative estimate of drug-likeness (QED) is 0.784. The van der Waals surface area contributed by atoms with E-state index in [9.17, 15) is 18.0 Å². The fraction of sp³-hybridized carbons (Fsp3) is 0.412. The van der Waals surface area contributed by atoms with Crippen molar-refractivity contribution in [2.24, 2.45) is 11.1 Å². The van der Waals surface area contributed by atoms with E-state index in [1.165, 1.54) is 12.1 Å². The zero-order valence-electron chi connectivity index (χ0n) is 14.4. The van der Waals surface area contributed by atoms with E-state index >= 15 is 0 Å². The summed E-state index contributed by atoms with van der Waals surface area (Å²) >= 11 is 0. The van der Waals surface area contributed by atoms with Crippen molar-refractivity contribution in [2.75, 3.05) is 18.4 Å². The number of piperidine rings is 1. The van der Waals surface area contributed by atoms with Gasteiger partial charge in [0.05, 0.1) is 10.8 Å². The van der Waals surface area contributed by atoms with Gasteiger partial charge in [0.15, 0.2) is 0 Å². The molecule has 1 saturated heterocycles. The predicted molar refractivity (Wildman–Crippen MR) is 95.4 cm³/mol. The first kappa shape index (κ1) is 19.1. The van der Waals surface area contributed by atoms with Crippen molar-refractivity contribution in [3.8, 4) is 0 Å². The molecular weight excluding hydrogens is 342 g/mol. The summed E-state index contributed by atoms with van der Waals surface area (Å²) in [5, 5.41) is 8.03. The molecule has 0 bridgehead atoms. The van der Waals surface area contributed by atoms with E-state index in [1.54, 1.807) is 24.8 Å². The lowest BCUT2D eigenvalue weighted by atomic mass is 9.96. The Labute approximate surface area is 147 Å². The molecule has 1 fully saturated rings. The lowest BCUT2D eigenvalue weighted by molar-refractivity contribution is -0.130. The number of sulfonamides is 1. The van der Waals surface area contributed by atoms with Crippen molar-refractivity contribution in [1.29, 1.82) is 0 Å². The zero-order chi connectivity index (χ0) is 18.8. The van der Waals surface area contributed by atoms with Crippen LogP contribution in [0.2, 0.25) is 0 Å². The van der Waals surface area contributed by atoms with Gasteiger partial charge in [-0.3, -0.25) is 9.59 Å². The molecule has 2 rings (SSSR count). The van der Waals surface area contributed by atoms with E-state index in [4.69, 9.17) is 5.14 Å². The van der Waals surface area contributed by atoms with Crippen molar-refractivity contribution in [2.45, 2.75) is 31.6 Å². The van der Waals surface area contributed by atoms with E-state index in [2.05, 4.69) is 11.9 Å². The molecule has 7 nitrogen and oxygen atoms in total.